The number of hydrogen-bond donors (Lipinski definition) is 1. The van der Waals surface area contributed by atoms with Crippen LogP contribution in [0.15, 0.2) is 35.5 Å². The quantitative estimate of drug-likeness (QED) is 0.360. The van der Waals surface area contributed by atoms with Gasteiger partial charge in [0.1, 0.15) is 6.04 Å². The van der Waals surface area contributed by atoms with E-state index < -0.39 is 16.9 Å². The van der Waals surface area contributed by atoms with Gasteiger partial charge in [-0.1, -0.05) is 18.4 Å². The van der Waals surface area contributed by atoms with Crippen molar-refractivity contribution < 1.29 is 14.5 Å². The fourth-order valence-corrected chi connectivity index (χ4v) is 2.75. The zero-order valence-electron chi connectivity index (χ0n) is 14.4. The number of aromatic nitrogens is 4. The number of allylic oxidation sites excluding steroid dienone is 1. The number of benzene rings is 1. The molecule has 1 unspecified atom stereocenters. The van der Waals surface area contributed by atoms with Crippen LogP contribution in [0, 0.1) is 10.1 Å². The van der Waals surface area contributed by atoms with E-state index in [1.54, 1.807) is 19.1 Å². The number of carbonyl (C=O) groups excluding carboxylic acids is 1. The molecule has 0 spiro atoms. The fraction of sp³-hybridized carbons (Fsp3) is 0.375. The predicted octanol–water partition coefficient (Wildman–Crippen LogP) is 2.21. The Morgan fingerprint density at radius 2 is 2.12 bits per heavy atom. The lowest BCUT2D eigenvalue weighted by Crippen LogP contribution is -2.29. The zero-order valence-corrected chi connectivity index (χ0v) is 14.4. The molecule has 3 rings (SSSR count). The number of ether oxygens (including phenoxy) is 1. The number of unbranched alkanes of at least 4 members (excludes halogenated alkanes) is 1. The lowest BCUT2D eigenvalue weighted by molar-refractivity contribution is -0.384. The van der Waals surface area contributed by atoms with Crippen LogP contribution >= 0.6 is 0 Å². The molecule has 1 aromatic heterocycles. The van der Waals surface area contributed by atoms with Crippen molar-refractivity contribution in [2.45, 2.75) is 32.7 Å². The highest BCUT2D eigenvalue weighted by Crippen LogP contribution is 2.35. The van der Waals surface area contributed by atoms with Crippen molar-refractivity contribution in [2.75, 3.05) is 11.9 Å². The minimum absolute atomic E-state index is 0.0348. The molecule has 26 heavy (non-hydrogen) atoms. The van der Waals surface area contributed by atoms with Gasteiger partial charge >= 0.3 is 5.97 Å². The van der Waals surface area contributed by atoms with Crippen LogP contribution in [-0.4, -0.2) is 37.7 Å². The number of tetrazole rings is 1. The number of nitro groups is 1. The third-order valence-electron chi connectivity index (χ3n) is 4.08. The summed E-state index contributed by atoms with van der Waals surface area (Å²) in [7, 11) is 0. The average molecular weight is 358 g/mol. The topological polar surface area (TPSA) is 125 Å². The van der Waals surface area contributed by atoms with E-state index in [0.29, 0.717) is 29.4 Å². The summed E-state index contributed by atoms with van der Waals surface area (Å²) in [6, 6.07) is 5.32. The maximum Gasteiger partial charge on any atom is 0.338 e. The van der Waals surface area contributed by atoms with Crippen LogP contribution in [-0.2, 0) is 9.53 Å². The van der Waals surface area contributed by atoms with E-state index in [2.05, 4.69) is 20.8 Å². The number of carbonyl (C=O) groups is 1. The summed E-state index contributed by atoms with van der Waals surface area (Å²) in [5.41, 5.74) is 1.56. The Bertz CT molecular complexity index is 858. The van der Waals surface area contributed by atoms with Crippen molar-refractivity contribution in [3.05, 3.63) is 51.2 Å². The van der Waals surface area contributed by atoms with Gasteiger partial charge in [0.05, 0.1) is 17.1 Å². The molecule has 2 heterocycles. The van der Waals surface area contributed by atoms with Crippen molar-refractivity contribution in [2.24, 2.45) is 0 Å². The third-order valence-corrected chi connectivity index (χ3v) is 4.08. The maximum atomic E-state index is 12.7. The average Bonchev–Trinajstić information content (AvgIpc) is 3.08. The first-order valence-electron chi connectivity index (χ1n) is 8.20. The van der Waals surface area contributed by atoms with Gasteiger partial charge in [0.15, 0.2) is 0 Å². The lowest BCUT2D eigenvalue weighted by atomic mass is 9.95. The number of hydrogen-bond acceptors (Lipinski definition) is 8. The van der Waals surface area contributed by atoms with Crippen molar-refractivity contribution in [1.29, 1.82) is 0 Å². The second-order valence-electron chi connectivity index (χ2n) is 5.85. The lowest BCUT2D eigenvalue weighted by Gasteiger charge is -2.27. The van der Waals surface area contributed by atoms with Crippen LogP contribution in [0.4, 0.5) is 11.6 Å². The summed E-state index contributed by atoms with van der Waals surface area (Å²) >= 11 is 0. The summed E-state index contributed by atoms with van der Waals surface area (Å²) in [4.78, 5) is 23.1. The van der Waals surface area contributed by atoms with Gasteiger partial charge in [-0.3, -0.25) is 10.1 Å². The van der Waals surface area contributed by atoms with E-state index >= 15 is 0 Å². The predicted molar refractivity (Wildman–Crippen MR) is 91.2 cm³/mol. The molecule has 10 heteroatoms. The first-order chi connectivity index (χ1) is 12.5. The molecule has 0 amide bonds. The number of nitrogens with zero attached hydrogens (tertiary/aromatic N) is 5. The second kappa shape index (κ2) is 7.30. The van der Waals surface area contributed by atoms with Crippen LogP contribution in [0.5, 0.6) is 0 Å². The van der Waals surface area contributed by atoms with Gasteiger partial charge in [-0.2, -0.15) is 4.68 Å². The highest BCUT2D eigenvalue weighted by molar-refractivity contribution is 5.92. The van der Waals surface area contributed by atoms with Gasteiger partial charge < -0.3 is 10.1 Å². The van der Waals surface area contributed by atoms with E-state index in [4.69, 9.17) is 4.74 Å². The fourth-order valence-electron chi connectivity index (χ4n) is 2.75. The van der Waals surface area contributed by atoms with Gasteiger partial charge in [0, 0.05) is 17.8 Å². The SMILES string of the molecule is CCCCOC(=O)C1=C(C)Nc2nnnn2C1c1ccc([N+](=O)[O-])cc1. The third kappa shape index (κ3) is 3.25. The van der Waals surface area contributed by atoms with E-state index in [1.165, 1.54) is 16.8 Å². The number of anilines is 1. The summed E-state index contributed by atoms with van der Waals surface area (Å²) < 4.78 is 6.83. The molecule has 136 valence electrons. The van der Waals surface area contributed by atoms with Crippen LogP contribution in [0.1, 0.15) is 38.3 Å². The van der Waals surface area contributed by atoms with Crippen molar-refractivity contribution in [1.82, 2.24) is 20.2 Å². The highest BCUT2D eigenvalue weighted by atomic mass is 16.6. The molecule has 1 aliphatic heterocycles. The van der Waals surface area contributed by atoms with Crippen molar-refractivity contribution >= 4 is 17.6 Å². The van der Waals surface area contributed by atoms with Gasteiger partial charge in [0.25, 0.3) is 5.69 Å². The zero-order chi connectivity index (χ0) is 18.7. The number of rotatable bonds is 6. The minimum atomic E-state index is -0.629. The smallest absolute Gasteiger partial charge is 0.338 e. The second-order valence-corrected chi connectivity index (χ2v) is 5.85. The van der Waals surface area contributed by atoms with Crippen LogP contribution in [0.2, 0.25) is 0 Å². The maximum absolute atomic E-state index is 12.7. The Morgan fingerprint density at radius 3 is 2.77 bits per heavy atom. The standard InChI is InChI=1S/C16H18N6O4/c1-3-4-9-26-15(23)13-10(2)17-16-18-19-20-21(16)14(13)11-5-7-12(8-6-11)22(24)25/h5-8,14H,3-4,9H2,1-2H3,(H,17,18,20). The summed E-state index contributed by atoms with van der Waals surface area (Å²) in [6.45, 7) is 4.07. The van der Waals surface area contributed by atoms with Crippen LogP contribution in [0.3, 0.4) is 0 Å². The summed E-state index contributed by atoms with van der Waals surface area (Å²) in [5, 5.41) is 25.4. The largest absolute Gasteiger partial charge is 0.462 e. The molecule has 10 nitrogen and oxygen atoms in total. The first-order valence-corrected chi connectivity index (χ1v) is 8.20. The molecule has 0 bridgehead atoms. The Morgan fingerprint density at radius 1 is 1.38 bits per heavy atom. The van der Waals surface area contributed by atoms with E-state index in [0.717, 1.165) is 12.8 Å². The van der Waals surface area contributed by atoms with Gasteiger partial charge in [0.2, 0.25) is 5.95 Å². The molecule has 0 aliphatic carbocycles. The molecule has 1 N–H and O–H groups in total. The van der Waals surface area contributed by atoms with E-state index in [9.17, 15) is 14.9 Å². The molecule has 1 aromatic carbocycles. The Balaban J connectivity index is 2.00. The number of non-ortho nitro benzene ring substituents is 1. The number of nitrogens with one attached hydrogen (secondary N) is 1. The highest BCUT2D eigenvalue weighted by Gasteiger charge is 2.35. The van der Waals surface area contributed by atoms with Crippen molar-refractivity contribution in [3.8, 4) is 0 Å². The number of nitro benzene ring substituents is 1. The van der Waals surface area contributed by atoms with Crippen LogP contribution < -0.4 is 5.32 Å². The molecule has 0 saturated carbocycles. The van der Waals surface area contributed by atoms with Gasteiger partial charge in [-0.15, -0.1) is 0 Å². The van der Waals surface area contributed by atoms with Crippen LogP contribution in [0.25, 0.3) is 0 Å². The van der Waals surface area contributed by atoms with Crippen molar-refractivity contribution in [3.63, 3.8) is 0 Å². The normalized spacial score (nSPS) is 16.0. The molecule has 2 aromatic rings. The molecule has 0 fully saturated rings. The first kappa shape index (κ1) is 17.5. The Kier molecular flexibility index (Phi) is 4.92. The number of esters is 1. The van der Waals surface area contributed by atoms with E-state index in [1.807, 2.05) is 6.92 Å². The molecule has 1 aliphatic rings. The Labute approximate surface area is 149 Å². The Hall–Kier alpha value is -3.30. The van der Waals surface area contributed by atoms with Gasteiger partial charge in [-0.25, -0.2) is 4.79 Å². The minimum Gasteiger partial charge on any atom is -0.462 e. The number of fused-ring (bicyclic) bond motifs is 1. The molecule has 0 saturated heterocycles. The molecular weight excluding hydrogens is 340 g/mol. The molecular formula is C16H18N6O4. The molecule has 0 radical (unpaired) electrons. The monoisotopic (exact) mass is 358 g/mol. The molecule has 1 atom stereocenters. The summed E-state index contributed by atoms with van der Waals surface area (Å²) in [6.07, 6.45) is 1.68. The van der Waals surface area contributed by atoms with E-state index in [-0.39, 0.29) is 5.69 Å². The summed E-state index contributed by atoms with van der Waals surface area (Å²) in [5.74, 6) is -0.0797. The van der Waals surface area contributed by atoms with Gasteiger partial charge in [-0.05, 0) is 41.5 Å².